The molecule has 3 heteroatoms. The maximum Gasteiger partial charge on any atom is 0.224 e. The third kappa shape index (κ3) is 4.19. The van der Waals surface area contributed by atoms with Gasteiger partial charge in [0.05, 0.1) is 6.61 Å². The SMILES string of the molecule is Cc1ccc(C)c(CCN(C)C(=O)CCO)c1. The molecule has 0 bridgehead atoms. The Morgan fingerprint density at radius 2 is 2.06 bits per heavy atom. The van der Waals surface area contributed by atoms with Gasteiger partial charge in [-0.15, -0.1) is 0 Å². The molecule has 0 aliphatic rings. The van der Waals surface area contributed by atoms with E-state index in [-0.39, 0.29) is 18.9 Å². The molecular weight excluding hydrogens is 214 g/mol. The van der Waals surface area contributed by atoms with Crippen molar-refractivity contribution in [2.45, 2.75) is 26.7 Å². The van der Waals surface area contributed by atoms with E-state index < -0.39 is 0 Å². The predicted molar refractivity (Wildman–Crippen MR) is 69.0 cm³/mol. The van der Waals surface area contributed by atoms with Gasteiger partial charge in [0.15, 0.2) is 0 Å². The zero-order valence-corrected chi connectivity index (χ0v) is 10.9. The maximum atomic E-state index is 11.5. The fourth-order valence-electron chi connectivity index (χ4n) is 1.77. The summed E-state index contributed by atoms with van der Waals surface area (Å²) >= 11 is 0. The van der Waals surface area contributed by atoms with E-state index in [1.165, 1.54) is 16.7 Å². The first kappa shape index (κ1) is 13.7. The van der Waals surface area contributed by atoms with Crippen LogP contribution in [0.5, 0.6) is 0 Å². The van der Waals surface area contributed by atoms with Gasteiger partial charge < -0.3 is 10.0 Å². The first-order chi connectivity index (χ1) is 8.04. The van der Waals surface area contributed by atoms with Crippen LogP contribution in [0, 0.1) is 13.8 Å². The van der Waals surface area contributed by atoms with E-state index in [9.17, 15) is 4.79 Å². The molecule has 0 aliphatic heterocycles. The van der Waals surface area contributed by atoms with Crippen molar-refractivity contribution in [2.75, 3.05) is 20.2 Å². The van der Waals surface area contributed by atoms with Gasteiger partial charge in [-0.25, -0.2) is 0 Å². The summed E-state index contributed by atoms with van der Waals surface area (Å²) in [6.45, 7) is 4.78. The van der Waals surface area contributed by atoms with E-state index >= 15 is 0 Å². The summed E-state index contributed by atoms with van der Waals surface area (Å²) in [5.74, 6) is -0.00203. The van der Waals surface area contributed by atoms with Gasteiger partial charge in [0, 0.05) is 20.0 Å². The predicted octanol–water partition coefficient (Wildman–Crippen LogP) is 1.69. The van der Waals surface area contributed by atoms with Crippen LogP contribution in [0.1, 0.15) is 23.1 Å². The molecule has 1 N–H and O–H groups in total. The topological polar surface area (TPSA) is 40.5 Å². The second kappa shape index (κ2) is 6.40. The molecule has 94 valence electrons. The summed E-state index contributed by atoms with van der Waals surface area (Å²) in [6, 6.07) is 6.37. The summed E-state index contributed by atoms with van der Waals surface area (Å²) in [4.78, 5) is 13.2. The molecule has 0 spiro atoms. The lowest BCUT2D eigenvalue weighted by Crippen LogP contribution is -2.29. The Balaban J connectivity index is 2.55. The normalized spacial score (nSPS) is 10.4. The lowest BCUT2D eigenvalue weighted by Gasteiger charge is -2.17. The lowest BCUT2D eigenvalue weighted by atomic mass is 10.0. The fraction of sp³-hybridized carbons (Fsp3) is 0.500. The summed E-state index contributed by atoms with van der Waals surface area (Å²) in [7, 11) is 1.78. The Morgan fingerprint density at radius 1 is 1.35 bits per heavy atom. The number of rotatable bonds is 5. The molecule has 0 aromatic heterocycles. The minimum Gasteiger partial charge on any atom is -0.396 e. The highest BCUT2D eigenvalue weighted by molar-refractivity contribution is 5.75. The molecular formula is C14H21NO2. The third-order valence-electron chi connectivity index (χ3n) is 2.97. The van der Waals surface area contributed by atoms with Crippen LogP contribution >= 0.6 is 0 Å². The number of nitrogens with zero attached hydrogens (tertiary/aromatic N) is 1. The number of hydrogen-bond acceptors (Lipinski definition) is 2. The van der Waals surface area contributed by atoms with Gasteiger partial charge in [-0.05, 0) is 31.4 Å². The van der Waals surface area contributed by atoms with Crippen LogP contribution in [0.3, 0.4) is 0 Å². The van der Waals surface area contributed by atoms with Gasteiger partial charge in [0.2, 0.25) is 5.91 Å². The number of likely N-dealkylation sites (N-methyl/N-ethyl adjacent to an activating group) is 1. The van der Waals surface area contributed by atoms with Gasteiger partial charge >= 0.3 is 0 Å². The Hall–Kier alpha value is -1.35. The zero-order valence-electron chi connectivity index (χ0n) is 10.9. The van der Waals surface area contributed by atoms with Crippen molar-refractivity contribution in [1.29, 1.82) is 0 Å². The van der Waals surface area contributed by atoms with Crippen molar-refractivity contribution in [1.82, 2.24) is 4.90 Å². The quantitative estimate of drug-likeness (QED) is 0.843. The Labute approximate surface area is 103 Å². The molecule has 1 aromatic rings. The van der Waals surface area contributed by atoms with E-state index in [1.54, 1.807) is 11.9 Å². The molecule has 0 unspecified atom stereocenters. The monoisotopic (exact) mass is 235 g/mol. The van der Waals surface area contributed by atoms with Gasteiger partial charge in [-0.2, -0.15) is 0 Å². The Bertz CT molecular complexity index is 388. The van der Waals surface area contributed by atoms with Gasteiger partial charge in [0.25, 0.3) is 0 Å². The molecule has 1 amide bonds. The van der Waals surface area contributed by atoms with Gasteiger partial charge in [-0.3, -0.25) is 4.79 Å². The van der Waals surface area contributed by atoms with Crippen molar-refractivity contribution in [3.05, 3.63) is 34.9 Å². The van der Waals surface area contributed by atoms with Crippen molar-refractivity contribution in [3.8, 4) is 0 Å². The van der Waals surface area contributed by atoms with Crippen molar-refractivity contribution >= 4 is 5.91 Å². The van der Waals surface area contributed by atoms with Crippen molar-refractivity contribution < 1.29 is 9.90 Å². The van der Waals surface area contributed by atoms with E-state index in [4.69, 9.17) is 5.11 Å². The first-order valence-corrected chi connectivity index (χ1v) is 5.95. The second-order valence-corrected chi connectivity index (χ2v) is 4.47. The van der Waals surface area contributed by atoms with Crippen LogP contribution in [0.15, 0.2) is 18.2 Å². The van der Waals surface area contributed by atoms with Gasteiger partial charge in [0.1, 0.15) is 0 Å². The highest BCUT2D eigenvalue weighted by Gasteiger charge is 2.08. The molecule has 1 rings (SSSR count). The van der Waals surface area contributed by atoms with Gasteiger partial charge in [-0.1, -0.05) is 23.8 Å². The zero-order chi connectivity index (χ0) is 12.8. The summed E-state index contributed by atoms with van der Waals surface area (Å²) in [5, 5.41) is 8.70. The Kier molecular flexibility index (Phi) is 5.16. The number of carbonyl (C=O) groups excluding carboxylic acids is 1. The number of aliphatic hydroxyl groups excluding tert-OH is 1. The van der Waals surface area contributed by atoms with Crippen molar-refractivity contribution in [2.24, 2.45) is 0 Å². The molecule has 0 atom stereocenters. The Morgan fingerprint density at radius 3 is 2.71 bits per heavy atom. The molecule has 17 heavy (non-hydrogen) atoms. The van der Waals surface area contributed by atoms with E-state index in [1.807, 2.05) is 0 Å². The number of hydrogen-bond donors (Lipinski definition) is 1. The largest absolute Gasteiger partial charge is 0.396 e. The minimum atomic E-state index is -0.0767. The molecule has 0 saturated heterocycles. The molecule has 1 aromatic carbocycles. The first-order valence-electron chi connectivity index (χ1n) is 5.95. The van der Waals surface area contributed by atoms with Crippen LogP contribution in [0.4, 0.5) is 0 Å². The fourth-order valence-corrected chi connectivity index (χ4v) is 1.77. The lowest BCUT2D eigenvalue weighted by molar-refractivity contribution is -0.130. The van der Waals surface area contributed by atoms with Crippen LogP contribution in [0.25, 0.3) is 0 Å². The van der Waals surface area contributed by atoms with E-state index in [0.29, 0.717) is 6.54 Å². The molecule has 0 aliphatic carbocycles. The average molecular weight is 235 g/mol. The minimum absolute atomic E-state index is 0.00203. The number of benzene rings is 1. The van der Waals surface area contributed by atoms with E-state index in [0.717, 1.165) is 6.42 Å². The van der Waals surface area contributed by atoms with E-state index in [2.05, 4.69) is 32.0 Å². The van der Waals surface area contributed by atoms with Crippen molar-refractivity contribution in [3.63, 3.8) is 0 Å². The number of aryl methyl sites for hydroxylation is 2. The number of aliphatic hydroxyl groups is 1. The maximum absolute atomic E-state index is 11.5. The highest BCUT2D eigenvalue weighted by Crippen LogP contribution is 2.11. The number of amides is 1. The molecule has 0 saturated carbocycles. The summed E-state index contributed by atoms with van der Waals surface area (Å²) < 4.78 is 0. The smallest absolute Gasteiger partial charge is 0.224 e. The van der Waals surface area contributed by atoms with Crippen LogP contribution in [-0.2, 0) is 11.2 Å². The van der Waals surface area contributed by atoms with Crippen LogP contribution < -0.4 is 0 Å². The highest BCUT2D eigenvalue weighted by atomic mass is 16.3. The summed E-state index contributed by atoms with van der Waals surface area (Å²) in [5.41, 5.74) is 3.79. The van der Waals surface area contributed by atoms with Crippen LogP contribution in [-0.4, -0.2) is 36.1 Å². The molecule has 0 radical (unpaired) electrons. The molecule has 0 fully saturated rings. The number of carbonyl (C=O) groups is 1. The second-order valence-electron chi connectivity index (χ2n) is 4.47. The standard InChI is InChI=1S/C14H21NO2/c1-11-4-5-12(2)13(10-11)6-8-15(3)14(17)7-9-16/h4-5,10,16H,6-9H2,1-3H3. The average Bonchev–Trinajstić information content (AvgIpc) is 2.30. The summed E-state index contributed by atoms with van der Waals surface area (Å²) in [6.07, 6.45) is 1.07. The third-order valence-corrected chi connectivity index (χ3v) is 2.97. The molecule has 0 heterocycles. The molecule has 3 nitrogen and oxygen atoms in total. The van der Waals surface area contributed by atoms with Crippen LogP contribution in [0.2, 0.25) is 0 Å².